The molecule has 0 aliphatic carbocycles. The highest BCUT2D eigenvalue weighted by Crippen LogP contribution is 2.29. The first kappa shape index (κ1) is 10.9. The van der Waals surface area contributed by atoms with Gasteiger partial charge in [-0.15, -0.1) is 0 Å². The smallest absolute Gasteiger partial charge is 0.227 e. The lowest BCUT2D eigenvalue weighted by molar-refractivity contribution is -0.0436. The first-order valence-electron chi connectivity index (χ1n) is 3.18. The molecule has 1 aromatic heterocycles. The highest BCUT2D eigenvalue weighted by molar-refractivity contribution is 7.92. The Morgan fingerprint density at radius 3 is 2.14 bits per heavy atom. The molecule has 1 aromatic rings. The van der Waals surface area contributed by atoms with Crippen molar-refractivity contribution in [3.8, 4) is 0 Å². The van der Waals surface area contributed by atoms with E-state index >= 15 is 0 Å². The molecule has 1 rings (SSSR count). The minimum absolute atomic E-state index is 0.318. The second-order valence-electron chi connectivity index (χ2n) is 2.27. The number of pyridine rings is 1. The summed E-state index contributed by atoms with van der Waals surface area (Å²) in [4.78, 5) is 1.74. The van der Waals surface area contributed by atoms with Crippen LogP contribution in [0.3, 0.4) is 0 Å². The minimum atomic E-state index is -5.42. The van der Waals surface area contributed by atoms with Crippen molar-refractivity contribution in [3.05, 3.63) is 24.3 Å². The summed E-state index contributed by atoms with van der Waals surface area (Å²) in [6, 6.07) is 1.05. The van der Waals surface area contributed by atoms with Gasteiger partial charge in [-0.2, -0.15) is 17.6 Å². The third-order valence-corrected chi connectivity index (χ3v) is 2.79. The summed E-state index contributed by atoms with van der Waals surface area (Å²) in [6.07, 6.45) is 0.318. The van der Waals surface area contributed by atoms with Gasteiger partial charge < -0.3 is 0 Å². The van der Waals surface area contributed by atoms with Gasteiger partial charge in [-0.05, 0) is 12.1 Å². The van der Waals surface area contributed by atoms with Crippen LogP contribution >= 0.6 is 0 Å². The fraction of sp³-hybridized carbons (Fsp3) is 0.167. The average molecular weight is 229 g/mol. The maximum Gasteiger partial charge on any atom is 0.501 e. The molecule has 0 spiro atoms. The normalized spacial score (nSPS) is 12.9. The van der Waals surface area contributed by atoms with Crippen LogP contribution in [-0.2, 0) is 9.84 Å². The third-order valence-electron chi connectivity index (χ3n) is 1.32. The Morgan fingerprint density at radius 2 is 1.79 bits per heavy atom. The monoisotopic (exact) mass is 229 g/mol. The zero-order valence-corrected chi connectivity index (χ0v) is 7.23. The molecule has 8 heteroatoms. The number of halogens is 4. The van der Waals surface area contributed by atoms with Gasteiger partial charge in [0.2, 0.25) is 5.95 Å². The Kier molecular flexibility index (Phi) is 2.49. The van der Waals surface area contributed by atoms with Crippen LogP contribution in [0, 0.1) is 5.95 Å². The summed E-state index contributed by atoms with van der Waals surface area (Å²) in [6.45, 7) is 0. The van der Waals surface area contributed by atoms with Crippen LogP contribution in [0.4, 0.5) is 17.6 Å². The zero-order valence-electron chi connectivity index (χ0n) is 6.42. The number of hydrogen-bond acceptors (Lipinski definition) is 3. The molecule has 0 N–H and O–H groups in total. The molecule has 0 bridgehead atoms. The van der Waals surface area contributed by atoms with Gasteiger partial charge in [-0.3, -0.25) is 0 Å². The molecular formula is C6H3F4NO2S. The van der Waals surface area contributed by atoms with Crippen molar-refractivity contribution in [2.24, 2.45) is 0 Å². The SMILES string of the molecule is O=S(=O)(c1ccc(F)nc1)C(F)(F)F. The van der Waals surface area contributed by atoms with Gasteiger partial charge in [-0.25, -0.2) is 13.4 Å². The molecule has 3 nitrogen and oxygen atoms in total. The van der Waals surface area contributed by atoms with E-state index in [1.54, 1.807) is 0 Å². The van der Waals surface area contributed by atoms with E-state index in [2.05, 4.69) is 4.98 Å². The Hall–Kier alpha value is -1.18. The molecule has 0 aromatic carbocycles. The quantitative estimate of drug-likeness (QED) is 0.541. The summed E-state index contributed by atoms with van der Waals surface area (Å²) < 4.78 is 69.3. The summed E-state index contributed by atoms with van der Waals surface area (Å²) in [5.41, 5.74) is -5.40. The van der Waals surface area contributed by atoms with E-state index in [0.717, 1.165) is 0 Å². The Balaban J connectivity index is 3.25. The summed E-state index contributed by atoms with van der Waals surface area (Å²) in [5, 5.41) is 0. The van der Waals surface area contributed by atoms with Crippen LogP contribution in [0.5, 0.6) is 0 Å². The Bertz CT molecular complexity index is 422. The lowest BCUT2D eigenvalue weighted by Crippen LogP contribution is -2.23. The topological polar surface area (TPSA) is 47.0 Å². The maximum absolute atomic E-state index is 12.2. The van der Waals surface area contributed by atoms with E-state index in [1.807, 2.05) is 0 Å². The van der Waals surface area contributed by atoms with Crippen molar-refractivity contribution >= 4 is 9.84 Å². The molecular weight excluding hydrogens is 226 g/mol. The lowest BCUT2D eigenvalue weighted by atomic mass is 10.5. The van der Waals surface area contributed by atoms with Crippen molar-refractivity contribution in [1.82, 2.24) is 4.98 Å². The molecule has 0 fully saturated rings. The summed E-state index contributed by atoms with van der Waals surface area (Å²) in [5.74, 6) is -1.05. The van der Waals surface area contributed by atoms with Gasteiger partial charge in [0.1, 0.15) is 0 Å². The van der Waals surface area contributed by atoms with Crippen LogP contribution in [-0.4, -0.2) is 18.9 Å². The van der Waals surface area contributed by atoms with Crippen LogP contribution in [0.2, 0.25) is 0 Å². The van der Waals surface area contributed by atoms with Gasteiger partial charge >= 0.3 is 5.51 Å². The van der Waals surface area contributed by atoms with Gasteiger partial charge in [0.05, 0.1) is 4.90 Å². The lowest BCUT2D eigenvalue weighted by Gasteiger charge is -2.06. The predicted molar refractivity (Wildman–Crippen MR) is 37.4 cm³/mol. The third kappa shape index (κ3) is 1.84. The van der Waals surface area contributed by atoms with Gasteiger partial charge in [0.15, 0.2) is 0 Å². The van der Waals surface area contributed by atoms with Crippen LogP contribution in [0.25, 0.3) is 0 Å². The predicted octanol–water partition coefficient (Wildman–Crippen LogP) is 1.51. The largest absolute Gasteiger partial charge is 0.501 e. The van der Waals surface area contributed by atoms with Crippen molar-refractivity contribution in [1.29, 1.82) is 0 Å². The number of rotatable bonds is 1. The molecule has 14 heavy (non-hydrogen) atoms. The van der Waals surface area contributed by atoms with E-state index in [4.69, 9.17) is 0 Å². The molecule has 0 aliphatic heterocycles. The molecule has 1 heterocycles. The Labute approximate surface area is 76.3 Å². The molecule has 0 saturated heterocycles. The summed E-state index contributed by atoms with van der Waals surface area (Å²) in [7, 11) is -5.42. The fourth-order valence-corrected chi connectivity index (χ4v) is 1.36. The van der Waals surface area contributed by atoms with E-state index in [0.29, 0.717) is 18.3 Å². The molecule has 0 amide bonds. The van der Waals surface area contributed by atoms with Crippen LogP contribution < -0.4 is 0 Å². The minimum Gasteiger partial charge on any atom is -0.227 e. The highest BCUT2D eigenvalue weighted by Gasteiger charge is 2.47. The number of aromatic nitrogens is 1. The van der Waals surface area contributed by atoms with Gasteiger partial charge in [0, 0.05) is 6.20 Å². The maximum atomic E-state index is 12.2. The number of nitrogens with zero attached hydrogens (tertiary/aromatic N) is 1. The van der Waals surface area contributed by atoms with E-state index in [9.17, 15) is 26.0 Å². The highest BCUT2D eigenvalue weighted by atomic mass is 32.2. The van der Waals surface area contributed by atoms with Crippen molar-refractivity contribution in [3.63, 3.8) is 0 Å². The summed E-state index contributed by atoms with van der Waals surface area (Å²) >= 11 is 0. The molecule has 0 saturated carbocycles. The van der Waals surface area contributed by atoms with Crippen LogP contribution in [0.15, 0.2) is 23.2 Å². The molecule has 0 radical (unpaired) electrons. The zero-order chi connectivity index (χ0) is 11.0. The first-order chi connectivity index (χ1) is 6.25. The number of sulfone groups is 1. The molecule has 0 atom stereocenters. The van der Waals surface area contributed by atoms with E-state index < -0.39 is 26.2 Å². The molecule has 78 valence electrons. The van der Waals surface area contributed by atoms with Crippen molar-refractivity contribution < 1.29 is 26.0 Å². The standard InChI is InChI=1S/C6H3F4NO2S/c7-5-2-1-4(3-11-5)14(12,13)6(8,9)10/h1-3H. The van der Waals surface area contributed by atoms with Gasteiger partial charge in [0.25, 0.3) is 9.84 Å². The van der Waals surface area contributed by atoms with Crippen molar-refractivity contribution in [2.45, 2.75) is 10.4 Å². The number of alkyl halides is 3. The molecule has 0 aliphatic rings. The number of hydrogen-bond donors (Lipinski definition) is 0. The van der Waals surface area contributed by atoms with E-state index in [-0.39, 0.29) is 0 Å². The van der Waals surface area contributed by atoms with Gasteiger partial charge in [-0.1, -0.05) is 0 Å². The Morgan fingerprint density at radius 1 is 1.21 bits per heavy atom. The van der Waals surface area contributed by atoms with Crippen LogP contribution in [0.1, 0.15) is 0 Å². The second kappa shape index (κ2) is 3.19. The second-order valence-corrected chi connectivity index (χ2v) is 4.21. The van der Waals surface area contributed by atoms with E-state index in [1.165, 1.54) is 0 Å². The van der Waals surface area contributed by atoms with Crippen molar-refractivity contribution in [2.75, 3.05) is 0 Å². The average Bonchev–Trinajstić information content (AvgIpc) is 2.03. The fourth-order valence-electron chi connectivity index (χ4n) is 0.655. The molecule has 0 unspecified atom stereocenters. The first-order valence-corrected chi connectivity index (χ1v) is 4.66.